The lowest BCUT2D eigenvalue weighted by Crippen LogP contribution is -2.14. The summed E-state index contributed by atoms with van der Waals surface area (Å²) in [7, 11) is 0. The van der Waals surface area contributed by atoms with E-state index in [1.807, 2.05) is 0 Å². The second-order valence-electron chi connectivity index (χ2n) is 3.07. The summed E-state index contributed by atoms with van der Waals surface area (Å²) in [5, 5.41) is 10.7. The molecule has 1 heterocycles. The summed E-state index contributed by atoms with van der Waals surface area (Å²) in [6.07, 6.45) is 5.41. The van der Waals surface area contributed by atoms with Gasteiger partial charge in [-0.3, -0.25) is 10.1 Å². The van der Waals surface area contributed by atoms with E-state index in [4.69, 9.17) is 5.26 Å². The van der Waals surface area contributed by atoms with Crippen LogP contribution < -0.4 is 5.32 Å². The molecule has 70 valence electrons. The van der Waals surface area contributed by atoms with Crippen molar-refractivity contribution in [3.05, 3.63) is 17.5 Å². The van der Waals surface area contributed by atoms with E-state index in [1.165, 1.54) is 6.20 Å². The van der Waals surface area contributed by atoms with Gasteiger partial charge in [-0.25, -0.2) is 9.97 Å². The number of nitrogens with one attached hydrogen (secondary N) is 1. The van der Waals surface area contributed by atoms with Crippen molar-refractivity contribution in [1.82, 2.24) is 9.97 Å². The Bertz CT molecular complexity index is 421. The molecule has 0 saturated carbocycles. The van der Waals surface area contributed by atoms with Crippen LogP contribution >= 0.6 is 0 Å². The van der Waals surface area contributed by atoms with E-state index in [1.54, 1.807) is 6.19 Å². The standard InChI is InChI=1S/C9H8N4O/c10-5-12-9-11-4-6-7(13-9)2-1-3-8(6)14/h4H,1-3H2,(H,11,12,13). The maximum Gasteiger partial charge on any atom is 0.236 e. The molecule has 0 amide bonds. The van der Waals surface area contributed by atoms with Crippen LogP contribution in [0.15, 0.2) is 6.20 Å². The summed E-state index contributed by atoms with van der Waals surface area (Å²) in [5.74, 6) is 0.357. The zero-order chi connectivity index (χ0) is 9.97. The largest absolute Gasteiger partial charge is 0.294 e. The average Bonchev–Trinajstić information content (AvgIpc) is 2.18. The van der Waals surface area contributed by atoms with Gasteiger partial charge in [0, 0.05) is 12.6 Å². The number of nitriles is 1. The molecule has 0 radical (unpaired) electrons. The Morgan fingerprint density at radius 1 is 1.50 bits per heavy atom. The van der Waals surface area contributed by atoms with Crippen molar-refractivity contribution in [2.45, 2.75) is 19.3 Å². The molecular formula is C9H8N4O. The van der Waals surface area contributed by atoms with E-state index >= 15 is 0 Å². The highest BCUT2D eigenvalue weighted by atomic mass is 16.1. The van der Waals surface area contributed by atoms with Crippen molar-refractivity contribution in [1.29, 1.82) is 5.26 Å². The molecular weight excluding hydrogens is 180 g/mol. The third-order valence-corrected chi connectivity index (χ3v) is 2.15. The predicted molar refractivity (Wildman–Crippen MR) is 48.5 cm³/mol. The predicted octanol–water partition coefficient (Wildman–Crippen LogP) is 0.889. The fourth-order valence-electron chi connectivity index (χ4n) is 1.50. The number of carbonyl (C=O) groups is 1. The summed E-state index contributed by atoms with van der Waals surface area (Å²) in [4.78, 5) is 19.3. The zero-order valence-corrected chi connectivity index (χ0v) is 7.45. The fraction of sp³-hybridized carbons (Fsp3) is 0.333. The van der Waals surface area contributed by atoms with Gasteiger partial charge in [-0.05, 0) is 12.8 Å². The monoisotopic (exact) mass is 188 g/mol. The first-order valence-electron chi connectivity index (χ1n) is 4.35. The Kier molecular flexibility index (Phi) is 2.11. The van der Waals surface area contributed by atoms with Gasteiger partial charge in [0.25, 0.3) is 0 Å². The lowest BCUT2D eigenvalue weighted by atomic mass is 9.96. The van der Waals surface area contributed by atoms with Gasteiger partial charge in [0.1, 0.15) is 0 Å². The second-order valence-corrected chi connectivity index (χ2v) is 3.07. The quantitative estimate of drug-likeness (QED) is 0.523. The minimum atomic E-state index is 0.0924. The van der Waals surface area contributed by atoms with E-state index in [9.17, 15) is 4.79 Å². The van der Waals surface area contributed by atoms with Gasteiger partial charge in [-0.15, -0.1) is 0 Å². The summed E-state index contributed by atoms with van der Waals surface area (Å²) in [6.45, 7) is 0. The average molecular weight is 188 g/mol. The van der Waals surface area contributed by atoms with Crippen LogP contribution in [0.25, 0.3) is 0 Å². The number of Topliss-reactive ketones (excluding diaryl/α,β-unsaturated/α-hetero) is 1. The molecule has 1 aliphatic rings. The van der Waals surface area contributed by atoms with Crippen LogP contribution in [0, 0.1) is 11.5 Å². The van der Waals surface area contributed by atoms with Crippen LogP contribution in [0.3, 0.4) is 0 Å². The Hall–Kier alpha value is -1.96. The van der Waals surface area contributed by atoms with Crippen LogP contribution in [0.1, 0.15) is 28.9 Å². The first-order valence-corrected chi connectivity index (χ1v) is 4.35. The molecule has 0 spiro atoms. The molecule has 0 saturated heterocycles. The molecule has 1 aromatic heterocycles. The van der Waals surface area contributed by atoms with Crippen LogP contribution in [-0.4, -0.2) is 15.8 Å². The van der Waals surface area contributed by atoms with Crippen LogP contribution in [-0.2, 0) is 6.42 Å². The Morgan fingerprint density at radius 2 is 2.36 bits per heavy atom. The first kappa shape index (κ1) is 8.63. The zero-order valence-electron chi connectivity index (χ0n) is 7.45. The molecule has 5 nitrogen and oxygen atoms in total. The molecule has 0 bridgehead atoms. The Morgan fingerprint density at radius 3 is 3.14 bits per heavy atom. The molecule has 0 atom stereocenters. The summed E-state index contributed by atoms with van der Waals surface area (Å²) in [6, 6.07) is 0. The molecule has 14 heavy (non-hydrogen) atoms. The third kappa shape index (κ3) is 1.42. The molecule has 5 heteroatoms. The van der Waals surface area contributed by atoms with Crippen molar-refractivity contribution in [3.63, 3.8) is 0 Å². The number of rotatable bonds is 1. The highest BCUT2D eigenvalue weighted by molar-refractivity contribution is 5.97. The SMILES string of the molecule is N#CNc1ncc2c(n1)CCCC2=O. The van der Waals surface area contributed by atoms with E-state index < -0.39 is 0 Å². The second kappa shape index (κ2) is 3.42. The van der Waals surface area contributed by atoms with Gasteiger partial charge in [-0.1, -0.05) is 0 Å². The van der Waals surface area contributed by atoms with Gasteiger partial charge in [-0.2, -0.15) is 5.26 Å². The van der Waals surface area contributed by atoms with Gasteiger partial charge in [0.2, 0.25) is 5.95 Å². The number of anilines is 1. The van der Waals surface area contributed by atoms with E-state index in [-0.39, 0.29) is 11.7 Å². The normalized spacial score (nSPS) is 14.4. The van der Waals surface area contributed by atoms with E-state index in [0.717, 1.165) is 18.5 Å². The van der Waals surface area contributed by atoms with Crippen molar-refractivity contribution < 1.29 is 4.79 Å². The number of ketones is 1. The maximum absolute atomic E-state index is 11.4. The van der Waals surface area contributed by atoms with Crippen molar-refractivity contribution >= 4 is 11.7 Å². The molecule has 0 aromatic carbocycles. The topological polar surface area (TPSA) is 78.7 Å². The molecule has 1 aliphatic carbocycles. The highest BCUT2D eigenvalue weighted by Gasteiger charge is 2.18. The number of hydrogen-bond donors (Lipinski definition) is 1. The van der Waals surface area contributed by atoms with Crippen molar-refractivity contribution in [2.75, 3.05) is 5.32 Å². The fourth-order valence-corrected chi connectivity index (χ4v) is 1.50. The highest BCUT2D eigenvalue weighted by Crippen LogP contribution is 2.19. The molecule has 1 aromatic rings. The third-order valence-electron chi connectivity index (χ3n) is 2.15. The first-order chi connectivity index (χ1) is 6.81. The number of nitrogens with zero attached hydrogens (tertiary/aromatic N) is 3. The van der Waals surface area contributed by atoms with Crippen molar-refractivity contribution in [3.8, 4) is 6.19 Å². The Labute approximate surface area is 80.8 Å². The minimum Gasteiger partial charge on any atom is -0.294 e. The smallest absolute Gasteiger partial charge is 0.236 e. The number of aryl methyl sites for hydroxylation is 1. The summed E-state index contributed by atoms with van der Waals surface area (Å²) in [5.41, 5.74) is 1.34. The minimum absolute atomic E-state index is 0.0924. The van der Waals surface area contributed by atoms with Crippen LogP contribution in [0.2, 0.25) is 0 Å². The number of hydrogen-bond acceptors (Lipinski definition) is 5. The van der Waals surface area contributed by atoms with Crippen LogP contribution in [0.4, 0.5) is 5.95 Å². The summed E-state index contributed by atoms with van der Waals surface area (Å²) >= 11 is 0. The van der Waals surface area contributed by atoms with E-state index in [2.05, 4.69) is 15.3 Å². The van der Waals surface area contributed by atoms with Crippen molar-refractivity contribution in [2.24, 2.45) is 0 Å². The Balaban J connectivity index is 2.40. The van der Waals surface area contributed by atoms with Crippen LogP contribution in [0.5, 0.6) is 0 Å². The van der Waals surface area contributed by atoms with Gasteiger partial charge in [0.05, 0.1) is 11.3 Å². The lowest BCUT2D eigenvalue weighted by molar-refractivity contribution is 0.0971. The van der Waals surface area contributed by atoms with E-state index in [0.29, 0.717) is 12.0 Å². The number of fused-ring (bicyclic) bond motifs is 1. The molecule has 1 N–H and O–H groups in total. The van der Waals surface area contributed by atoms with Gasteiger partial charge >= 0.3 is 0 Å². The lowest BCUT2D eigenvalue weighted by Gasteiger charge is -2.12. The number of carbonyl (C=O) groups excluding carboxylic acids is 1. The van der Waals surface area contributed by atoms with Gasteiger partial charge < -0.3 is 0 Å². The number of aromatic nitrogens is 2. The molecule has 2 rings (SSSR count). The molecule has 0 aliphatic heterocycles. The van der Waals surface area contributed by atoms with Gasteiger partial charge in [0.15, 0.2) is 12.0 Å². The molecule has 0 fully saturated rings. The summed E-state index contributed by atoms with van der Waals surface area (Å²) < 4.78 is 0. The molecule has 0 unspecified atom stereocenters. The maximum atomic E-state index is 11.4.